The zero-order valence-electron chi connectivity index (χ0n) is 13.8. The number of amides is 1. The van der Waals surface area contributed by atoms with Gasteiger partial charge in [-0.25, -0.2) is 0 Å². The summed E-state index contributed by atoms with van der Waals surface area (Å²) in [6, 6.07) is 13.5. The number of fused-ring (bicyclic) bond motifs is 3. The molecule has 4 nitrogen and oxygen atoms in total. The molecule has 0 aromatic heterocycles. The Morgan fingerprint density at radius 3 is 2.88 bits per heavy atom. The van der Waals surface area contributed by atoms with E-state index in [1.54, 1.807) is 7.11 Å². The lowest BCUT2D eigenvalue weighted by molar-refractivity contribution is -0.126. The van der Waals surface area contributed by atoms with Gasteiger partial charge in [-0.15, -0.1) is 0 Å². The van der Waals surface area contributed by atoms with Gasteiger partial charge in [-0.05, 0) is 36.3 Å². The molecule has 2 aromatic rings. The first-order valence-corrected chi connectivity index (χ1v) is 8.54. The van der Waals surface area contributed by atoms with E-state index in [0.717, 1.165) is 45.3 Å². The van der Waals surface area contributed by atoms with Crippen molar-refractivity contribution in [2.24, 2.45) is 4.99 Å². The summed E-state index contributed by atoms with van der Waals surface area (Å²) in [6.45, 7) is 0.769. The number of halogens is 1. The molecule has 1 amide bonds. The number of methoxy groups -OCH3 is 1. The highest BCUT2D eigenvalue weighted by atomic mass is 35.5. The quantitative estimate of drug-likeness (QED) is 0.829. The van der Waals surface area contributed by atoms with Gasteiger partial charge < -0.3 is 9.64 Å². The summed E-state index contributed by atoms with van der Waals surface area (Å²) in [4.78, 5) is 18.9. The van der Waals surface area contributed by atoms with E-state index in [1.807, 2.05) is 53.4 Å². The fraction of sp³-hybridized carbons (Fsp3) is 0.200. The molecular formula is C20H17ClN2O2. The van der Waals surface area contributed by atoms with Crippen LogP contribution in [0, 0.1) is 0 Å². The topological polar surface area (TPSA) is 41.9 Å². The van der Waals surface area contributed by atoms with Crippen LogP contribution in [-0.4, -0.2) is 36.7 Å². The van der Waals surface area contributed by atoms with Crippen LogP contribution in [0.1, 0.15) is 16.7 Å². The van der Waals surface area contributed by atoms with E-state index >= 15 is 0 Å². The molecule has 2 aliphatic heterocycles. The molecule has 25 heavy (non-hydrogen) atoms. The first-order valence-electron chi connectivity index (χ1n) is 8.16. The van der Waals surface area contributed by atoms with E-state index in [1.165, 1.54) is 0 Å². The largest absolute Gasteiger partial charge is 0.497 e. The van der Waals surface area contributed by atoms with E-state index in [2.05, 4.69) is 4.99 Å². The van der Waals surface area contributed by atoms with E-state index in [0.29, 0.717) is 6.54 Å². The van der Waals surface area contributed by atoms with Gasteiger partial charge in [0.2, 0.25) is 5.91 Å². The van der Waals surface area contributed by atoms with Crippen LogP contribution >= 0.6 is 11.6 Å². The Morgan fingerprint density at radius 1 is 1.20 bits per heavy atom. The van der Waals surface area contributed by atoms with Gasteiger partial charge in [-0.2, -0.15) is 0 Å². The van der Waals surface area contributed by atoms with Gasteiger partial charge in [0.15, 0.2) is 0 Å². The molecule has 0 radical (unpaired) electrons. The molecule has 2 aliphatic rings. The summed E-state index contributed by atoms with van der Waals surface area (Å²) >= 11 is 6.37. The van der Waals surface area contributed by atoms with Gasteiger partial charge in [0.05, 0.1) is 18.5 Å². The van der Waals surface area contributed by atoms with Crippen molar-refractivity contribution in [2.45, 2.75) is 6.42 Å². The summed E-state index contributed by atoms with van der Waals surface area (Å²) < 4.78 is 5.31. The molecule has 2 aromatic carbocycles. The zero-order chi connectivity index (χ0) is 17.4. The number of allylic oxidation sites excluding steroid dienone is 1. The highest BCUT2D eigenvalue weighted by Crippen LogP contribution is 2.34. The summed E-state index contributed by atoms with van der Waals surface area (Å²) in [5.41, 5.74) is 4.66. The molecule has 0 bridgehead atoms. The molecule has 126 valence electrons. The van der Waals surface area contributed by atoms with Crippen molar-refractivity contribution in [1.82, 2.24) is 4.90 Å². The molecule has 0 saturated carbocycles. The Bertz CT molecular complexity index is 918. The Morgan fingerprint density at radius 2 is 2.04 bits per heavy atom. The van der Waals surface area contributed by atoms with Gasteiger partial charge in [-0.1, -0.05) is 35.9 Å². The summed E-state index contributed by atoms with van der Waals surface area (Å²) in [5, 5.41) is 0.745. The van der Waals surface area contributed by atoms with Crippen molar-refractivity contribution in [2.75, 3.05) is 20.2 Å². The number of nitrogens with zero attached hydrogens (tertiary/aromatic N) is 2. The number of carbonyl (C=O) groups excluding carboxylic acids is 1. The molecule has 0 unspecified atom stereocenters. The number of carbonyl (C=O) groups is 1. The number of benzene rings is 2. The lowest BCUT2D eigenvalue weighted by Crippen LogP contribution is -2.35. The third-order valence-electron chi connectivity index (χ3n) is 4.60. The van der Waals surface area contributed by atoms with Crippen molar-refractivity contribution in [1.29, 1.82) is 0 Å². The molecule has 5 heteroatoms. The van der Waals surface area contributed by atoms with Crippen LogP contribution in [0.5, 0.6) is 5.75 Å². The van der Waals surface area contributed by atoms with Crippen LogP contribution < -0.4 is 4.74 Å². The summed E-state index contributed by atoms with van der Waals surface area (Å²) in [6.07, 6.45) is 2.74. The minimum absolute atomic E-state index is 0.00905. The third-order valence-corrected chi connectivity index (χ3v) is 4.95. The minimum Gasteiger partial charge on any atom is -0.497 e. The van der Waals surface area contributed by atoms with Crippen LogP contribution in [0.15, 0.2) is 53.5 Å². The smallest absolute Gasteiger partial charge is 0.248 e. The van der Waals surface area contributed by atoms with Gasteiger partial charge >= 0.3 is 0 Å². The molecule has 4 rings (SSSR count). The molecule has 0 saturated heterocycles. The molecule has 2 heterocycles. The average molecular weight is 353 g/mol. The van der Waals surface area contributed by atoms with E-state index < -0.39 is 0 Å². The molecule has 0 atom stereocenters. The normalized spacial score (nSPS) is 16.4. The van der Waals surface area contributed by atoms with E-state index in [-0.39, 0.29) is 12.5 Å². The highest BCUT2D eigenvalue weighted by molar-refractivity contribution is 6.31. The molecular weight excluding hydrogens is 336 g/mol. The minimum atomic E-state index is 0.00905. The maximum atomic E-state index is 12.6. The monoisotopic (exact) mass is 352 g/mol. The van der Waals surface area contributed by atoms with Crippen molar-refractivity contribution >= 4 is 28.9 Å². The standard InChI is InChI=1S/C20H17ClN2O2/c1-25-14-5-2-4-13(10-14)18-11-19-16-6-3-7-17(21)15(16)8-9-23(19)20(24)12-22-18/h2-7,10-11H,8-9,12H2,1H3. The van der Waals surface area contributed by atoms with Gasteiger partial charge in [-0.3, -0.25) is 9.79 Å². The lowest BCUT2D eigenvalue weighted by Gasteiger charge is -2.31. The van der Waals surface area contributed by atoms with Crippen molar-refractivity contribution in [3.05, 3.63) is 70.3 Å². The van der Waals surface area contributed by atoms with Gasteiger partial charge in [0.25, 0.3) is 0 Å². The average Bonchev–Trinajstić information content (AvgIpc) is 2.81. The number of hydrogen-bond acceptors (Lipinski definition) is 3. The zero-order valence-corrected chi connectivity index (χ0v) is 14.6. The maximum Gasteiger partial charge on any atom is 0.248 e. The Kier molecular flexibility index (Phi) is 4.06. The predicted molar refractivity (Wildman–Crippen MR) is 99.2 cm³/mol. The summed E-state index contributed by atoms with van der Waals surface area (Å²) in [5.74, 6) is 0.771. The van der Waals surface area contributed by atoms with Crippen LogP contribution in [-0.2, 0) is 11.2 Å². The highest BCUT2D eigenvalue weighted by Gasteiger charge is 2.29. The first-order chi connectivity index (χ1) is 12.2. The molecule has 0 N–H and O–H groups in total. The fourth-order valence-electron chi connectivity index (χ4n) is 3.33. The summed E-state index contributed by atoms with van der Waals surface area (Å²) in [7, 11) is 1.64. The van der Waals surface area contributed by atoms with Crippen molar-refractivity contribution in [3.63, 3.8) is 0 Å². The molecule has 0 aliphatic carbocycles. The molecule has 0 fully saturated rings. The maximum absolute atomic E-state index is 12.6. The number of rotatable bonds is 2. The second-order valence-corrected chi connectivity index (χ2v) is 6.43. The third kappa shape index (κ3) is 2.83. The molecule has 0 spiro atoms. The van der Waals surface area contributed by atoms with Crippen LogP contribution in [0.3, 0.4) is 0 Å². The predicted octanol–water partition coefficient (Wildman–Crippen LogP) is 3.58. The van der Waals surface area contributed by atoms with E-state index in [4.69, 9.17) is 16.3 Å². The van der Waals surface area contributed by atoms with Gasteiger partial charge in [0.1, 0.15) is 12.3 Å². The number of hydrogen-bond donors (Lipinski definition) is 0. The lowest BCUT2D eigenvalue weighted by atomic mass is 9.95. The number of aliphatic imine (C=N–C) groups is 1. The fourth-order valence-corrected chi connectivity index (χ4v) is 3.60. The van der Waals surface area contributed by atoms with Crippen molar-refractivity contribution in [3.8, 4) is 5.75 Å². The van der Waals surface area contributed by atoms with Gasteiger partial charge in [0, 0.05) is 22.7 Å². The van der Waals surface area contributed by atoms with Crippen LogP contribution in [0.25, 0.3) is 5.70 Å². The van der Waals surface area contributed by atoms with Crippen molar-refractivity contribution < 1.29 is 9.53 Å². The SMILES string of the molecule is COc1cccc(C2=NCC(=O)N3CCc4c(Cl)cccc4C3=C2)c1. The van der Waals surface area contributed by atoms with E-state index in [9.17, 15) is 4.79 Å². The first kappa shape index (κ1) is 15.9. The van der Waals surface area contributed by atoms with Crippen LogP contribution in [0.2, 0.25) is 5.02 Å². The number of ether oxygens (including phenoxy) is 1. The second-order valence-electron chi connectivity index (χ2n) is 6.02. The Hall–Kier alpha value is -2.59. The van der Waals surface area contributed by atoms with Crippen LogP contribution in [0.4, 0.5) is 0 Å². The second kappa shape index (κ2) is 6.37. The Balaban J connectivity index is 1.86. The Labute approximate surface area is 151 Å².